The Balaban J connectivity index is 1.36. The fourth-order valence-corrected chi connectivity index (χ4v) is 3.37. The fourth-order valence-electron chi connectivity index (χ4n) is 3.37. The van der Waals surface area contributed by atoms with Crippen molar-refractivity contribution in [3.05, 3.63) is 54.4 Å². The highest BCUT2D eigenvalue weighted by atomic mass is 16.5. The summed E-state index contributed by atoms with van der Waals surface area (Å²) in [6.07, 6.45) is 1.42. The van der Waals surface area contributed by atoms with Crippen molar-refractivity contribution in [1.29, 1.82) is 0 Å². The topological polar surface area (TPSA) is 114 Å². The number of nitrogens with one attached hydrogen (secondary N) is 1. The summed E-state index contributed by atoms with van der Waals surface area (Å²) >= 11 is 0. The molecule has 30 heavy (non-hydrogen) atoms. The van der Waals surface area contributed by atoms with E-state index in [1.54, 1.807) is 36.3 Å². The first-order chi connectivity index (χ1) is 14.5. The molecule has 3 aromatic rings. The minimum atomic E-state index is -0.300. The van der Waals surface area contributed by atoms with Crippen LogP contribution in [0.5, 0.6) is 5.75 Å². The third-order valence-corrected chi connectivity index (χ3v) is 5.05. The molecule has 1 aliphatic heterocycles. The van der Waals surface area contributed by atoms with Crippen molar-refractivity contribution >= 4 is 34.3 Å². The van der Waals surface area contributed by atoms with E-state index in [4.69, 9.17) is 10.5 Å². The molecule has 3 N–H and O–H groups in total. The molecule has 4 rings (SSSR count). The van der Waals surface area contributed by atoms with Crippen molar-refractivity contribution in [3.63, 3.8) is 0 Å². The average Bonchev–Trinajstić information content (AvgIpc) is 2.76. The molecule has 154 valence electrons. The number of aromatic nitrogens is 2. The molecule has 0 unspecified atom stereocenters. The van der Waals surface area contributed by atoms with Gasteiger partial charge < -0.3 is 25.6 Å². The Morgan fingerprint density at radius 1 is 1.17 bits per heavy atom. The lowest BCUT2D eigenvalue weighted by molar-refractivity contribution is -0.135. The Morgan fingerprint density at radius 3 is 2.70 bits per heavy atom. The molecule has 1 aromatic heterocycles. The quantitative estimate of drug-likeness (QED) is 0.686. The van der Waals surface area contributed by atoms with Crippen LogP contribution in [-0.4, -0.2) is 58.5 Å². The van der Waals surface area contributed by atoms with Crippen LogP contribution in [0.4, 0.5) is 16.3 Å². The van der Waals surface area contributed by atoms with E-state index in [0.717, 1.165) is 16.5 Å². The Kier molecular flexibility index (Phi) is 5.34. The minimum Gasteiger partial charge on any atom is -0.497 e. The highest BCUT2D eigenvalue weighted by Gasteiger charge is 2.27. The number of rotatable bonds is 4. The molecule has 2 aromatic carbocycles. The van der Waals surface area contributed by atoms with Gasteiger partial charge in [-0.15, -0.1) is 0 Å². The van der Waals surface area contributed by atoms with Gasteiger partial charge >= 0.3 is 6.03 Å². The van der Waals surface area contributed by atoms with Gasteiger partial charge in [-0.25, -0.2) is 14.8 Å². The Hall–Kier alpha value is -3.88. The first-order valence-electron chi connectivity index (χ1n) is 9.50. The number of hydrogen-bond acceptors (Lipinski definition) is 6. The van der Waals surface area contributed by atoms with Gasteiger partial charge in [-0.2, -0.15) is 0 Å². The minimum absolute atomic E-state index is 0.0324. The molecule has 1 saturated heterocycles. The van der Waals surface area contributed by atoms with Crippen LogP contribution in [0, 0.1) is 0 Å². The Morgan fingerprint density at radius 2 is 1.97 bits per heavy atom. The second kappa shape index (κ2) is 8.24. The molecule has 9 nitrogen and oxygen atoms in total. The molecule has 0 spiro atoms. The van der Waals surface area contributed by atoms with Gasteiger partial charge in [0.25, 0.3) is 0 Å². The number of urea groups is 1. The number of anilines is 2. The van der Waals surface area contributed by atoms with Gasteiger partial charge in [0, 0.05) is 30.7 Å². The summed E-state index contributed by atoms with van der Waals surface area (Å²) in [6, 6.07) is 12.4. The smallest absolute Gasteiger partial charge is 0.322 e. The van der Waals surface area contributed by atoms with Gasteiger partial charge in [0.15, 0.2) is 0 Å². The van der Waals surface area contributed by atoms with E-state index in [-0.39, 0.29) is 18.5 Å². The normalized spacial score (nSPS) is 14.1. The zero-order valence-electron chi connectivity index (χ0n) is 16.5. The maximum Gasteiger partial charge on any atom is 0.322 e. The van der Waals surface area contributed by atoms with E-state index < -0.39 is 0 Å². The molecule has 0 saturated carbocycles. The van der Waals surface area contributed by atoms with E-state index >= 15 is 0 Å². The highest BCUT2D eigenvalue weighted by molar-refractivity contribution is 5.93. The molecular formula is C21H22N6O3. The number of fused-ring (bicyclic) bond motifs is 1. The first-order valence-corrected chi connectivity index (χ1v) is 9.50. The van der Waals surface area contributed by atoms with Crippen molar-refractivity contribution in [2.24, 2.45) is 0 Å². The number of hydrogen-bond donors (Lipinski definition) is 2. The van der Waals surface area contributed by atoms with Gasteiger partial charge in [0.1, 0.15) is 24.4 Å². The molecule has 9 heteroatoms. The molecule has 0 atom stereocenters. The lowest BCUT2D eigenvalue weighted by atomic mass is 10.1. The lowest BCUT2D eigenvalue weighted by Crippen LogP contribution is -2.52. The number of benzene rings is 2. The molecule has 1 aliphatic rings. The van der Waals surface area contributed by atoms with Crippen molar-refractivity contribution in [2.75, 3.05) is 37.8 Å². The molecule has 3 amide bonds. The van der Waals surface area contributed by atoms with E-state index in [1.165, 1.54) is 11.2 Å². The van der Waals surface area contributed by atoms with Crippen LogP contribution in [0.15, 0.2) is 48.8 Å². The predicted molar refractivity (Wildman–Crippen MR) is 113 cm³/mol. The number of carbonyl (C=O) groups excluding carboxylic acids is 2. The summed E-state index contributed by atoms with van der Waals surface area (Å²) in [7, 11) is 1.58. The van der Waals surface area contributed by atoms with Crippen molar-refractivity contribution < 1.29 is 14.3 Å². The Bertz CT molecular complexity index is 1090. The van der Waals surface area contributed by atoms with Crippen molar-refractivity contribution in [2.45, 2.75) is 6.54 Å². The van der Waals surface area contributed by atoms with Gasteiger partial charge in [-0.05, 0) is 42.0 Å². The second-order valence-electron chi connectivity index (χ2n) is 7.01. The third-order valence-electron chi connectivity index (χ3n) is 5.05. The highest BCUT2D eigenvalue weighted by Crippen LogP contribution is 2.20. The van der Waals surface area contributed by atoms with Crippen molar-refractivity contribution in [3.8, 4) is 5.75 Å². The maximum atomic E-state index is 12.6. The standard InChI is InChI=1S/C21H22N6O3/c1-30-16-5-3-15(4-6-16)25-21(29)27-9-8-26(19(28)12-27)11-14-2-7-17-18(10-14)23-13-24-20(17)22/h2-7,10,13H,8-9,11-12H2,1H3,(H,25,29)(H2,22,23,24). The van der Waals surface area contributed by atoms with Crippen molar-refractivity contribution in [1.82, 2.24) is 19.8 Å². The summed E-state index contributed by atoms with van der Waals surface area (Å²) in [5, 5.41) is 3.59. The molecular weight excluding hydrogens is 384 g/mol. The van der Waals surface area contributed by atoms with Gasteiger partial charge in [-0.3, -0.25) is 4.79 Å². The molecule has 0 aliphatic carbocycles. The summed E-state index contributed by atoms with van der Waals surface area (Å²) in [6.45, 7) is 1.40. The van der Waals surface area contributed by atoms with Crippen LogP contribution in [0.25, 0.3) is 10.9 Å². The second-order valence-corrected chi connectivity index (χ2v) is 7.01. The zero-order chi connectivity index (χ0) is 21.1. The zero-order valence-corrected chi connectivity index (χ0v) is 16.5. The molecule has 2 heterocycles. The number of nitrogens with two attached hydrogens (primary N) is 1. The van der Waals surface area contributed by atoms with E-state index in [1.807, 2.05) is 18.2 Å². The van der Waals surface area contributed by atoms with Crippen LogP contribution in [-0.2, 0) is 11.3 Å². The first kappa shape index (κ1) is 19.4. The van der Waals surface area contributed by atoms with Gasteiger partial charge in [-0.1, -0.05) is 6.07 Å². The van der Waals surface area contributed by atoms with E-state index in [9.17, 15) is 9.59 Å². The summed E-state index contributed by atoms with van der Waals surface area (Å²) < 4.78 is 5.11. The maximum absolute atomic E-state index is 12.6. The number of nitrogens with zero attached hydrogens (tertiary/aromatic N) is 4. The number of nitrogen functional groups attached to an aromatic ring is 1. The van der Waals surface area contributed by atoms with Crippen LogP contribution >= 0.6 is 0 Å². The van der Waals surface area contributed by atoms with Gasteiger partial charge in [0.2, 0.25) is 5.91 Å². The molecule has 0 bridgehead atoms. The number of carbonyl (C=O) groups is 2. The molecule has 0 radical (unpaired) electrons. The van der Waals surface area contributed by atoms with Crippen LogP contribution < -0.4 is 15.8 Å². The fraction of sp³-hybridized carbons (Fsp3) is 0.238. The van der Waals surface area contributed by atoms with Gasteiger partial charge in [0.05, 0.1) is 12.6 Å². The summed E-state index contributed by atoms with van der Waals surface area (Å²) in [5.74, 6) is 1.03. The number of methoxy groups -OCH3 is 1. The third kappa shape index (κ3) is 4.09. The lowest BCUT2D eigenvalue weighted by Gasteiger charge is -2.34. The number of piperazine rings is 1. The Labute approximate surface area is 173 Å². The summed E-state index contributed by atoms with van der Waals surface area (Å²) in [4.78, 5) is 36.6. The van der Waals surface area contributed by atoms with Crippen LogP contribution in [0.1, 0.15) is 5.56 Å². The number of amides is 3. The number of ether oxygens (including phenoxy) is 1. The van der Waals surface area contributed by atoms with E-state index in [0.29, 0.717) is 36.9 Å². The predicted octanol–water partition coefficient (Wildman–Crippen LogP) is 2.10. The summed E-state index contributed by atoms with van der Waals surface area (Å²) in [5.41, 5.74) is 8.20. The largest absolute Gasteiger partial charge is 0.497 e. The molecule has 1 fully saturated rings. The van der Waals surface area contributed by atoms with E-state index in [2.05, 4.69) is 15.3 Å². The monoisotopic (exact) mass is 406 g/mol. The van der Waals surface area contributed by atoms with Crippen LogP contribution in [0.2, 0.25) is 0 Å². The van der Waals surface area contributed by atoms with Crippen LogP contribution in [0.3, 0.4) is 0 Å². The SMILES string of the molecule is COc1ccc(NC(=O)N2CCN(Cc3ccc4c(N)ncnc4c3)C(=O)C2)cc1. The average molecular weight is 406 g/mol.